The fraction of sp³-hybridized carbons (Fsp3) is 0.500. The van der Waals surface area contributed by atoms with Crippen molar-refractivity contribution in [3.8, 4) is 0 Å². The summed E-state index contributed by atoms with van der Waals surface area (Å²) in [7, 11) is 0. The van der Waals surface area contributed by atoms with Crippen LogP contribution < -0.4 is 5.32 Å². The Hall–Kier alpha value is -1.64. The van der Waals surface area contributed by atoms with Crippen molar-refractivity contribution in [2.75, 3.05) is 0 Å². The predicted octanol–water partition coefficient (Wildman–Crippen LogP) is 2.62. The molecule has 1 N–H and O–H groups in total. The number of nitrogens with one attached hydrogen (secondary N) is 1. The number of hydrogen-bond acceptors (Lipinski definition) is 2. The lowest BCUT2D eigenvalue weighted by molar-refractivity contribution is -0.120. The van der Waals surface area contributed by atoms with Gasteiger partial charge in [-0.1, -0.05) is 32.9 Å². The first-order valence-electron chi connectivity index (χ1n) is 6.80. The van der Waals surface area contributed by atoms with Crippen LogP contribution in [0, 0.1) is 0 Å². The summed E-state index contributed by atoms with van der Waals surface area (Å²) in [6.45, 7) is 7.70. The van der Waals surface area contributed by atoms with Crippen LogP contribution in [0.1, 0.15) is 55.6 Å². The van der Waals surface area contributed by atoms with Crippen molar-refractivity contribution in [3.63, 3.8) is 0 Å². The zero-order valence-corrected chi connectivity index (χ0v) is 12.0. The summed E-state index contributed by atoms with van der Waals surface area (Å²) in [6, 6.07) is 6.04. The summed E-state index contributed by atoms with van der Waals surface area (Å²) in [6.07, 6.45) is 1.32. The van der Waals surface area contributed by atoms with E-state index in [1.807, 2.05) is 25.1 Å². The SMILES string of the molecule is CCC(=O)c1ccc2c(c1)CC(NC(C)=O)C2(C)C. The molecular formula is C16H21NO2. The molecule has 0 fully saturated rings. The molecule has 0 saturated carbocycles. The van der Waals surface area contributed by atoms with E-state index in [-0.39, 0.29) is 23.1 Å². The fourth-order valence-corrected chi connectivity index (χ4v) is 2.91. The highest BCUT2D eigenvalue weighted by Gasteiger charge is 2.39. The maximum atomic E-state index is 11.8. The second-order valence-corrected chi connectivity index (χ2v) is 5.83. The largest absolute Gasteiger partial charge is 0.352 e. The first-order chi connectivity index (χ1) is 8.86. The highest BCUT2D eigenvalue weighted by molar-refractivity contribution is 5.96. The first-order valence-corrected chi connectivity index (χ1v) is 6.80. The Bertz CT molecular complexity index is 532. The maximum Gasteiger partial charge on any atom is 0.217 e. The number of Topliss-reactive ketones (excluding diaryl/α,β-unsaturated/α-hetero) is 1. The van der Waals surface area contributed by atoms with Crippen LogP contribution in [-0.2, 0) is 16.6 Å². The van der Waals surface area contributed by atoms with Gasteiger partial charge in [-0.2, -0.15) is 0 Å². The molecule has 3 nitrogen and oxygen atoms in total. The monoisotopic (exact) mass is 259 g/mol. The molecule has 0 radical (unpaired) electrons. The second kappa shape index (κ2) is 4.80. The van der Waals surface area contributed by atoms with Crippen LogP contribution in [-0.4, -0.2) is 17.7 Å². The average molecular weight is 259 g/mol. The average Bonchev–Trinajstić information content (AvgIpc) is 2.59. The quantitative estimate of drug-likeness (QED) is 0.848. The molecule has 1 aromatic rings. The molecule has 0 bridgehead atoms. The van der Waals surface area contributed by atoms with Gasteiger partial charge < -0.3 is 5.32 Å². The highest BCUT2D eigenvalue weighted by Crippen LogP contribution is 2.39. The Balaban J connectivity index is 2.36. The van der Waals surface area contributed by atoms with E-state index in [1.165, 1.54) is 11.1 Å². The number of benzene rings is 1. The van der Waals surface area contributed by atoms with E-state index in [0.717, 1.165) is 12.0 Å². The van der Waals surface area contributed by atoms with Crippen molar-refractivity contribution in [3.05, 3.63) is 34.9 Å². The lowest BCUT2D eigenvalue weighted by Crippen LogP contribution is -2.44. The van der Waals surface area contributed by atoms with Gasteiger partial charge in [-0.05, 0) is 23.6 Å². The van der Waals surface area contributed by atoms with Gasteiger partial charge in [-0.3, -0.25) is 9.59 Å². The molecule has 0 saturated heterocycles. The molecule has 2 rings (SSSR count). The molecule has 102 valence electrons. The van der Waals surface area contributed by atoms with E-state index >= 15 is 0 Å². The van der Waals surface area contributed by atoms with Crippen molar-refractivity contribution in [1.29, 1.82) is 0 Å². The number of rotatable bonds is 3. The van der Waals surface area contributed by atoms with E-state index < -0.39 is 0 Å². The highest BCUT2D eigenvalue weighted by atomic mass is 16.1. The van der Waals surface area contributed by atoms with Crippen LogP contribution in [0.2, 0.25) is 0 Å². The number of hydrogen-bond donors (Lipinski definition) is 1. The minimum absolute atomic E-state index is 0.00395. The number of carbonyl (C=O) groups is 2. The standard InChI is InChI=1S/C16H21NO2/c1-5-14(19)11-6-7-13-12(8-11)9-15(16(13,3)4)17-10(2)18/h6-8,15H,5,9H2,1-4H3,(H,17,18). The molecule has 1 aromatic carbocycles. The van der Waals surface area contributed by atoms with E-state index in [0.29, 0.717) is 6.42 Å². The molecule has 0 aromatic heterocycles. The van der Waals surface area contributed by atoms with Gasteiger partial charge in [0.2, 0.25) is 5.91 Å². The van der Waals surface area contributed by atoms with Gasteiger partial charge in [0.15, 0.2) is 5.78 Å². The van der Waals surface area contributed by atoms with E-state index in [9.17, 15) is 9.59 Å². The van der Waals surface area contributed by atoms with Crippen LogP contribution in [0.3, 0.4) is 0 Å². The first kappa shape index (κ1) is 13.8. The molecule has 1 unspecified atom stereocenters. The summed E-state index contributed by atoms with van der Waals surface area (Å²) in [5.74, 6) is 0.166. The van der Waals surface area contributed by atoms with E-state index in [2.05, 4.69) is 19.2 Å². The molecule has 1 atom stereocenters. The molecule has 1 amide bonds. The van der Waals surface area contributed by atoms with E-state index in [1.54, 1.807) is 6.92 Å². The summed E-state index contributed by atoms with van der Waals surface area (Å²) >= 11 is 0. The van der Waals surface area contributed by atoms with Gasteiger partial charge in [0.1, 0.15) is 0 Å². The Kier molecular flexibility index (Phi) is 3.48. The Labute approximate surface area is 114 Å². The predicted molar refractivity (Wildman–Crippen MR) is 75.4 cm³/mol. The molecule has 0 aliphatic heterocycles. The smallest absolute Gasteiger partial charge is 0.217 e. The maximum absolute atomic E-state index is 11.8. The van der Waals surface area contributed by atoms with Gasteiger partial charge in [-0.15, -0.1) is 0 Å². The van der Waals surface area contributed by atoms with Crippen molar-refractivity contribution < 1.29 is 9.59 Å². The van der Waals surface area contributed by atoms with E-state index in [4.69, 9.17) is 0 Å². The minimum Gasteiger partial charge on any atom is -0.352 e. The van der Waals surface area contributed by atoms with Crippen LogP contribution >= 0.6 is 0 Å². The summed E-state index contributed by atoms with van der Waals surface area (Å²) in [5.41, 5.74) is 3.11. The Morgan fingerprint density at radius 1 is 1.37 bits per heavy atom. The third-order valence-corrected chi connectivity index (χ3v) is 4.12. The number of ketones is 1. The van der Waals surface area contributed by atoms with Crippen LogP contribution in [0.5, 0.6) is 0 Å². The van der Waals surface area contributed by atoms with Crippen LogP contribution in [0.4, 0.5) is 0 Å². The second-order valence-electron chi connectivity index (χ2n) is 5.83. The van der Waals surface area contributed by atoms with Gasteiger partial charge in [-0.25, -0.2) is 0 Å². The molecular weight excluding hydrogens is 238 g/mol. The summed E-state index contributed by atoms with van der Waals surface area (Å²) < 4.78 is 0. The molecule has 0 heterocycles. The number of carbonyl (C=O) groups excluding carboxylic acids is 2. The van der Waals surface area contributed by atoms with Gasteiger partial charge in [0, 0.05) is 30.4 Å². The van der Waals surface area contributed by atoms with Crippen molar-refractivity contribution in [1.82, 2.24) is 5.32 Å². The lowest BCUT2D eigenvalue weighted by atomic mass is 9.82. The molecule has 1 aliphatic carbocycles. The zero-order chi connectivity index (χ0) is 14.2. The van der Waals surface area contributed by atoms with Crippen LogP contribution in [0.25, 0.3) is 0 Å². The van der Waals surface area contributed by atoms with Gasteiger partial charge in [0.25, 0.3) is 0 Å². The van der Waals surface area contributed by atoms with Crippen molar-refractivity contribution in [2.24, 2.45) is 0 Å². The Morgan fingerprint density at radius 2 is 2.05 bits per heavy atom. The van der Waals surface area contributed by atoms with Crippen molar-refractivity contribution >= 4 is 11.7 Å². The third kappa shape index (κ3) is 2.42. The molecule has 3 heteroatoms. The summed E-state index contributed by atoms with van der Waals surface area (Å²) in [4.78, 5) is 23.1. The molecule has 0 spiro atoms. The number of fused-ring (bicyclic) bond motifs is 1. The minimum atomic E-state index is -0.0885. The molecule has 19 heavy (non-hydrogen) atoms. The van der Waals surface area contributed by atoms with Crippen molar-refractivity contribution in [2.45, 2.75) is 52.0 Å². The lowest BCUT2D eigenvalue weighted by Gasteiger charge is -2.28. The zero-order valence-electron chi connectivity index (χ0n) is 12.0. The van der Waals surface area contributed by atoms with Gasteiger partial charge in [0.05, 0.1) is 0 Å². The third-order valence-electron chi connectivity index (χ3n) is 4.12. The number of amides is 1. The van der Waals surface area contributed by atoms with Gasteiger partial charge >= 0.3 is 0 Å². The van der Waals surface area contributed by atoms with Crippen LogP contribution in [0.15, 0.2) is 18.2 Å². The fourth-order valence-electron chi connectivity index (χ4n) is 2.91. The normalized spacial score (nSPS) is 19.9. The summed E-state index contributed by atoms with van der Waals surface area (Å²) in [5, 5.41) is 3.02. The Morgan fingerprint density at radius 3 is 2.63 bits per heavy atom. The topological polar surface area (TPSA) is 46.2 Å². The molecule has 1 aliphatic rings.